The number of fused-ring (bicyclic) bond motifs is 1. The normalized spacial score (nSPS) is 15.3. The molecule has 13 nitrogen and oxygen atoms in total. The predicted octanol–water partition coefficient (Wildman–Crippen LogP) is 1.62. The van der Waals surface area contributed by atoms with Gasteiger partial charge >= 0.3 is 5.69 Å². The number of anilines is 1. The topological polar surface area (TPSA) is 182 Å². The molecule has 1 aromatic carbocycles. The number of carbonyl (C=O) groups excluding carboxylic acids is 2. The third-order valence-corrected chi connectivity index (χ3v) is 8.53. The van der Waals surface area contributed by atoms with E-state index in [1.54, 1.807) is 0 Å². The maximum absolute atomic E-state index is 15.9. The van der Waals surface area contributed by atoms with E-state index in [4.69, 9.17) is 5.73 Å². The lowest BCUT2D eigenvalue weighted by atomic mass is 10.1. The molecule has 1 fully saturated rings. The molecule has 45 heavy (non-hydrogen) atoms. The number of aromatic hydroxyl groups is 1. The van der Waals surface area contributed by atoms with Crippen LogP contribution in [-0.2, 0) is 19.4 Å². The average Bonchev–Trinajstić information content (AvgIpc) is 2.96. The lowest BCUT2D eigenvalue weighted by Gasteiger charge is -2.41. The Balaban J connectivity index is 1.88. The van der Waals surface area contributed by atoms with Gasteiger partial charge in [0, 0.05) is 38.5 Å². The summed E-state index contributed by atoms with van der Waals surface area (Å²) >= 11 is 0. The number of rotatable bonds is 7. The third kappa shape index (κ3) is 5.71. The Labute approximate surface area is 255 Å². The number of aromatic nitrogens is 4. The van der Waals surface area contributed by atoms with Gasteiger partial charge in [-0.3, -0.25) is 14.6 Å². The van der Waals surface area contributed by atoms with E-state index >= 15 is 4.39 Å². The molecule has 0 radical (unpaired) electrons. The maximum atomic E-state index is 15.9. The zero-order valence-electron chi connectivity index (χ0n) is 24.1. The highest BCUT2D eigenvalue weighted by Crippen LogP contribution is 2.37. The van der Waals surface area contributed by atoms with Crippen molar-refractivity contribution in [3.63, 3.8) is 0 Å². The molecule has 0 bridgehead atoms. The van der Waals surface area contributed by atoms with Crippen molar-refractivity contribution in [1.82, 2.24) is 24.4 Å². The van der Waals surface area contributed by atoms with E-state index < -0.39 is 62.0 Å². The zero-order chi connectivity index (χ0) is 32.8. The Morgan fingerprint density at radius 2 is 1.91 bits per heavy atom. The summed E-state index contributed by atoms with van der Waals surface area (Å²) in [6.07, 6.45) is 3.00. The smallest absolute Gasteiger partial charge is 0.355 e. The van der Waals surface area contributed by atoms with Crippen molar-refractivity contribution in [3.8, 4) is 22.7 Å². The van der Waals surface area contributed by atoms with E-state index in [1.165, 1.54) is 35.1 Å². The van der Waals surface area contributed by atoms with Crippen LogP contribution >= 0.6 is 0 Å². The minimum absolute atomic E-state index is 0.0168. The van der Waals surface area contributed by atoms with E-state index in [2.05, 4.69) is 21.5 Å². The van der Waals surface area contributed by atoms with E-state index in [1.807, 2.05) is 0 Å². The number of hydrogen-bond acceptors (Lipinski definition) is 10. The molecule has 1 atom stereocenters. The highest BCUT2D eigenvalue weighted by Gasteiger charge is 2.34. The second kappa shape index (κ2) is 11.7. The summed E-state index contributed by atoms with van der Waals surface area (Å²) in [5, 5.41) is 10.3. The number of nitrogens with two attached hydrogens (primary N) is 1. The fourth-order valence-corrected chi connectivity index (χ4v) is 6.32. The SMILES string of the molecule is C=CC(=O)N1CCN(c2nc(=O)n(-c3c(S(C)(=O)=O)ccnc3C)c3nc(-c4c(O)cccc4F)c(F)cc23)[C@@H](CC(N)=O)C1. The quantitative estimate of drug-likeness (QED) is 0.282. The fraction of sp³-hybridized carbons (Fsp3) is 0.241. The molecule has 1 aliphatic heterocycles. The number of pyridine rings is 2. The average molecular weight is 640 g/mol. The Bertz CT molecular complexity index is 2050. The van der Waals surface area contributed by atoms with Crippen LogP contribution in [0.15, 0.2) is 58.9 Å². The summed E-state index contributed by atoms with van der Waals surface area (Å²) in [4.78, 5) is 53.6. The lowest BCUT2D eigenvalue weighted by Crippen LogP contribution is -2.56. The van der Waals surface area contributed by atoms with Gasteiger partial charge in [-0.05, 0) is 37.3 Å². The summed E-state index contributed by atoms with van der Waals surface area (Å²) < 4.78 is 57.3. The van der Waals surface area contributed by atoms with Crippen molar-refractivity contribution in [2.24, 2.45) is 5.73 Å². The molecular formula is C29H27F2N7O6S. The Morgan fingerprint density at radius 1 is 1.18 bits per heavy atom. The van der Waals surface area contributed by atoms with Crippen LogP contribution in [0, 0.1) is 18.6 Å². The van der Waals surface area contributed by atoms with E-state index in [-0.39, 0.29) is 59.2 Å². The molecule has 3 N–H and O–H groups in total. The fourth-order valence-electron chi connectivity index (χ4n) is 5.43. The van der Waals surface area contributed by atoms with Gasteiger partial charge in [-0.1, -0.05) is 12.6 Å². The van der Waals surface area contributed by atoms with Crippen molar-refractivity contribution in [2.45, 2.75) is 24.3 Å². The molecule has 0 spiro atoms. The zero-order valence-corrected chi connectivity index (χ0v) is 24.9. The van der Waals surface area contributed by atoms with Crippen LogP contribution in [0.5, 0.6) is 5.75 Å². The molecule has 4 aromatic rings. The maximum Gasteiger partial charge on any atom is 0.355 e. The molecule has 16 heteroatoms. The number of benzene rings is 1. The molecule has 1 saturated heterocycles. The number of amides is 2. The molecule has 2 amide bonds. The van der Waals surface area contributed by atoms with Crippen LogP contribution in [0.2, 0.25) is 0 Å². The second-order valence-corrected chi connectivity index (χ2v) is 12.4. The van der Waals surface area contributed by atoms with Crippen LogP contribution in [-0.4, -0.2) is 81.7 Å². The highest BCUT2D eigenvalue weighted by atomic mass is 32.2. The van der Waals surface area contributed by atoms with Crippen molar-refractivity contribution >= 4 is 38.5 Å². The minimum atomic E-state index is -3.98. The number of piperazine rings is 1. The molecule has 234 valence electrons. The molecule has 0 aliphatic carbocycles. The van der Waals surface area contributed by atoms with Crippen LogP contribution < -0.4 is 16.3 Å². The number of phenols is 1. The third-order valence-electron chi connectivity index (χ3n) is 7.40. The van der Waals surface area contributed by atoms with Crippen molar-refractivity contribution < 1.29 is 31.9 Å². The first-order valence-electron chi connectivity index (χ1n) is 13.5. The lowest BCUT2D eigenvalue weighted by molar-refractivity contribution is -0.127. The summed E-state index contributed by atoms with van der Waals surface area (Å²) in [6, 6.07) is 4.61. The van der Waals surface area contributed by atoms with E-state index in [0.29, 0.717) is 0 Å². The largest absolute Gasteiger partial charge is 0.507 e. The highest BCUT2D eigenvalue weighted by molar-refractivity contribution is 7.90. The first-order chi connectivity index (χ1) is 21.2. The number of phenolic OH excluding ortho intramolecular Hbond substituents is 1. The molecule has 0 saturated carbocycles. The molecule has 0 unspecified atom stereocenters. The second-order valence-electron chi connectivity index (χ2n) is 10.4. The number of hydrogen-bond donors (Lipinski definition) is 2. The molecular weight excluding hydrogens is 612 g/mol. The van der Waals surface area contributed by atoms with Crippen molar-refractivity contribution in [1.29, 1.82) is 0 Å². The van der Waals surface area contributed by atoms with Crippen LogP contribution in [0.25, 0.3) is 28.0 Å². The molecule has 5 rings (SSSR count). The summed E-state index contributed by atoms with van der Waals surface area (Å²) in [7, 11) is -3.98. The van der Waals surface area contributed by atoms with E-state index in [9.17, 15) is 32.3 Å². The van der Waals surface area contributed by atoms with Gasteiger partial charge in [-0.25, -0.2) is 31.5 Å². The van der Waals surface area contributed by atoms with Gasteiger partial charge in [0.1, 0.15) is 23.1 Å². The van der Waals surface area contributed by atoms with Crippen LogP contribution in [0.3, 0.4) is 0 Å². The first kappa shape index (κ1) is 31.2. The molecule has 4 heterocycles. The summed E-state index contributed by atoms with van der Waals surface area (Å²) in [6.45, 7) is 5.05. The van der Waals surface area contributed by atoms with Crippen molar-refractivity contribution in [3.05, 3.63) is 77.0 Å². The number of halogens is 2. The first-order valence-corrected chi connectivity index (χ1v) is 15.4. The molecule has 1 aliphatic rings. The Hall–Kier alpha value is -5.25. The van der Waals surface area contributed by atoms with Gasteiger partial charge < -0.3 is 20.6 Å². The van der Waals surface area contributed by atoms with Crippen LogP contribution in [0.4, 0.5) is 14.6 Å². The monoisotopic (exact) mass is 639 g/mol. The molecule has 3 aromatic heterocycles. The van der Waals surface area contributed by atoms with E-state index in [0.717, 1.165) is 35.1 Å². The number of sulfone groups is 1. The van der Waals surface area contributed by atoms with Gasteiger partial charge in [0.2, 0.25) is 11.8 Å². The summed E-state index contributed by atoms with van der Waals surface area (Å²) in [5.74, 6) is -4.01. The predicted molar refractivity (Wildman–Crippen MR) is 160 cm³/mol. The van der Waals surface area contributed by atoms with Gasteiger partial charge in [-0.15, -0.1) is 0 Å². The number of aryl methyl sites for hydroxylation is 1. The van der Waals surface area contributed by atoms with Gasteiger partial charge in [0.25, 0.3) is 0 Å². The number of nitrogens with zero attached hydrogens (tertiary/aromatic N) is 6. The number of carbonyl (C=O) groups is 2. The van der Waals surface area contributed by atoms with Crippen molar-refractivity contribution in [2.75, 3.05) is 30.8 Å². The minimum Gasteiger partial charge on any atom is -0.507 e. The van der Waals surface area contributed by atoms with Gasteiger partial charge in [0.05, 0.1) is 33.3 Å². The standard InChI is InChI=1S/C29H27F2N7O6S/c1-4-23(41)36-10-11-37(16(14-36)12-22(32)40)27-17-13-19(31)25(24-18(30)6-5-7-20(24)39)34-28(17)38(29(42)35-27)26-15(2)33-9-8-21(26)45(3,43)44/h4-9,13,16,39H,1,10-12,14H2,2-3H3,(H2,32,40)/t16-/m0/s1. The summed E-state index contributed by atoms with van der Waals surface area (Å²) in [5.41, 5.74) is 2.72. The Kier molecular flexibility index (Phi) is 8.10. The van der Waals surface area contributed by atoms with Gasteiger partial charge in [-0.2, -0.15) is 4.98 Å². The number of primary amides is 1. The van der Waals surface area contributed by atoms with Crippen LogP contribution in [0.1, 0.15) is 12.1 Å². The Morgan fingerprint density at radius 3 is 2.56 bits per heavy atom. The van der Waals surface area contributed by atoms with Gasteiger partial charge in [0.15, 0.2) is 21.3 Å².